The summed E-state index contributed by atoms with van der Waals surface area (Å²) < 4.78 is 5.38. The standard InChI is InChI=1S/C17H17NO5/c1-10-3-5-13(7-11(10)2)23-9-16(20)18-15-8-12(19)4-6-14(15)17(21)22/h3-8,19H,9H2,1-2H3,(H,18,20)(H,21,22). The SMILES string of the molecule is Cc1ccc(OCC(=O)Nc2cc(O)ccc2C(=O)O)cc1C. The van der Waals surface area contributed by atoms with Crippen LogP contribution in [0.1, 0.15) is 21.5 Å². The summed E-state index contributed by atoms with van der Waals surface area (Å²) in [5.74, 6) is -1.30. The van der Waals surface area contributed by atoms with Gasteiger partial charge in [0.2, 0.25) is 0 Å². The number of carbonyl (C=O) groups is 2. The van der Waals surface area contributed by atoms with Crippen molar-refractivity contribution in [2.24, 2.45) is 0 Å². The predicted octanol–water partition coefficient (Wildman–Crippen LogP) is 2.72. The molecule has 0 bridgehead atoms. The van der Waals surface area contributed by atoms with Gasteiger partial charge in [0, 0.05) is 6.07 Å². The van der Waals surface area contributed by atoms with Crippen molar-refractivity contribution in [2.75, 3.05) is 11.9 Å². The number of ether oxygens (including phenoxy) is 1. The monoisotopic (exact) mass is 315 g/mol. The molecule has 0 fully saturated rings. The predicted molar refractivity (Wildman–Crippen MR) is 85.1 cm³/mol. The zero-order chi connectivity index (χ0) is 17.0. The normalized spacial score (nSPS) is 10.2. The molecule has 0 atom stereocenters. The average Bonchev–Trinajstić information content (AvgIpc) is 2.48. The molecule has 23 heavy (non-hydrogen) atoms. The van der Waals surface area contributed by atoms with Gasteiger partial charge in [-0.05, 0) is 49.2 Å². The van der Waals surface area contributed by atoms with Crippen LogP contribution in [0.15, 0.2) is 36.4 Å². The van der Waals surface area contributed by atoms with Crippen LogP contribution >= 0.6 is 0 Å². The molecule has 0 saturated carbocycles. The highest BCUT2D eigenvalue weighted by atomic mass is 16.5. The Balaban J connectivity index is 2.03. The van der Waals surface area contributed by atoms with Gasteiger partial charge in [-0.2, -0.15) is 0 Å². The molecule has 2 rings (SSSR count). The van der Waals surface area contributed by atoms with E-state index in [1.165, 1.54) is 18.2 Å². The first-order chi connectivity index (χ1) is 10.9. The molecule has 0 saturated heterocycles. The van der Waals surface area contributed by atoms with Gasteiger partial charge in [-0.3, -0.25) is 4.79 Å². The third-order valence-electron chi connectivity index (χ3n) is 3.36. The first-order valence-electron chi connectivity index (χ1n) is 6.93. The largest absolute Gasteiger partial charge is 0.508 e. The van der Waals surface area contributed by atoms with E-state index in [1.54, 1.807) is 6.07 Å². The molecule has 3 N–H and O–H groups in total. The van der Waals surface area contributed by atoms with Crippen molar-refractivity contribution in [1.82, 2.24) is 0 Å². The van der Waals surface area contributed by atoms with E-state index >= 15 is 0 Å². The Morgan fingerprint density at radius 3 is 2.48 bits per heavy atom. The van der Waals surface area contributed by atoms with E-state index in [0.717, 1.165) is 11.1 Å². The summed E-state index contributed by atoms with van der Waals surface area (Å²) in [6.07, 6.45) is 0. The van der Waals surface area contributed by atoms with E-state index in [0.29, 0.717) is 5.75 Å². The summed E-state index contributed by atoms with van der Waals surface area (Å²) in [6, 6.07) is 9.10. The Labute approximate surface area is 133 Å². The van der Waals surface area contributed by atoms with Gasteiger partial charge >= 0.3 is 5.97 Å². The Morgan fingerprint density at radius 1 is 1.09 bits per heavy atom. The molecule has 0 aromatic heterocycles. The Bertz CT molecular complexity index is 755. The summed E-state index contributed by atoms with van der Waals surface area (Å²) in [6.45, 7) is 3.65. The highest BCUT2D eigenvalue weighted by molar-refractivity contribution is 6.01. The zero-order valence-electron chi connectivity index (χ0n) is 12.8. The van der Waals surface area contributed by atoms with Crippen LogP contribution in [0.3, 0.4) is 0 Å². The van der Waals surface area contributed by atoms with Crippen molar-refractivity contribution < 1.29 is 24.5 Å². The average molecular weight is 315 g/mol. The molecule has 6 heteroatoms. The van der Waals surface area contributed by atoms with E-state index in [9.17, 15) is 14.7 Å². The molecule has 0 heterocycles. The maximum absolute atomic E-state index is 11.9. The second kappa shape index (κ2) is 6.83. The lowest BCUT2D eigenvalue weighted by Crippen LogP contribution is -2.21. The number of carboxylic acid groups (broad SMARTS) is 1. The molecule has 2 aromatic carbocycles. The minimum Gasteiger partial charge on any atom is -0.508 e. The van der Waals surface area contributed by atoms with Crippen molar-refractivity contribution in [3.63, 3.8) is 0 Å². The maximum atomic E-state index is 11.9. The van der Waals surface area contributed by atoms with Gasteiger partial charge in [0.15, 0.2) is 6.61 Å². The summed E-state index contributed by atoms with van der Waals surface area (Å²) >= 11 is 0. The van der Waals surface area contributed by atoms with Gasteiger partial charge in [0.1, 0.15) is 11.5 Å². The molecular formula is C17H17NO5. The zero-order valence-corrected chi connectivity index (χ0v) is 12.8. The van der Waals surface area contributed by atoms with E-state index in [2.05, 4.69) is 5.32 Å². The van der Waals surface area contributed by atoms with Crippen molar-refractivity contribution in [1.29, 1.82) is 0 Å². The number of nitrogens with one attached hydrogen (secondary N) is 1. The first kappa shape index (κ1) is 16.4. The van der Waals surface area contributed by atoms with Crippen LogP contribution in [-0.2, 0) is 4.79 Å². The Hall–Kier alpha value is -3.02. The maximum Gasteiger partial charge on any atom is 0.337 e. The van der Waals surface area contributed by atoms with E-state index in [4.69, 9.17) is 9.84 Å². The fraction of sp³-hybridized carbons (Fsp3) is 0.176. The molecule has 0 spiro atoms. The van der Waals surface area contributed by atoms with Crippen molar-refractivity contribution in [3.8, 4) is 11.5 Å². The molecule has 2 aromatic rings. The van der Waals surface area contributed by atoms with Crippen molar-refractivity contribution in [3.05, 3.63) is 53.1 Å². The van der Waals surface area contributed by atoms with Crippen LogP contribution in [0, 0.1) is 13.8 Å². The van der Waals surface area contributed by atoms with E-state index < -0.39 is 11.9 Å². The smallest absolute Gasteiger partial charge is 0.337 e. The van der Waals surface area contributed by atoms with Gasteiger partial charge in [-0.15, -0.1) is 0 Å². The molecule has 0 unspecified atom stereocenters. The molecular weight excluding hydrogens is 298 g/mol. The lowest BCUT2D eigenvalue weighted by molar-refractivity contribution is -0.118. The number of hydrogen-bond donors (Lipinski definition) is 3. The topological polar surface area (TPSA) is 95.9 Å². The molecule has 0 aliphatic carbocycles. The lowest BCUT2D eigenvalue weighted by Gasteiger charge is -2.11. The second-order valence-corrected chi connectivity index (χ2v) is 5.12. The quantitative estimate of drug-likeness (QED) is 0.788. The fourth-order valence-corrected chi connectivity index (χ4v) is 1.96. The molecule has 0 aliphatic rings. The number of phenols is 1. The van der Waals surface area contributed by atoms with Crippen LogP contribution in [0.2, 0.25) is 0 Å². The fourth-order valence-electron chi connectivity index (χ4n) is 1.96. The van der Waals surface area contributed by atoms with Crippen molar-refractivity contribution in [2.45, 2.75) is 13.8 Å². The number of aromatic carboxylic acids is 1. The van der Waals surface area contributed by atoms with E-state index in [-0.39, 0.29) is 23.6 Å². The van der Waals surface area contributed by atoms with E-state index in [1.807, 2.05) is 26.0 Å². The minimum atomic E-state index is -1.20. The lowest BCUT2D eigenvalue weighted by atomic mass is 10.1. The third kappa shape index (κ3) is 4.23. The van der Waals surface area contributed by atoms with Crippen molar-refractivity contribution >= 4 is 17.6 Å². The van der Waals surface area contributed by atoms with Gasteiger partial charge in [0.25, 0.3) is 5.91 Å². The number of hydrogen-bond acceptors (Lipinski definition) is 4. The minimum absolute atomic E-state index is 0.0196. The molecule has 0 radical (unpaired) electrons. The summed E-state index contributed by atoms with van der Waals surface area (Å²) in [5.41, 5.74) is 2.07. The summed E-state index contributed by atoms with van der Waals surface area (Å²) in [4.78, 5) is 23.0. The number of phenolic OH excluding ortho intramolecular Hbond substituents is 1. The first-order valence-corrected chi connectivity index (χ1v) is 6.93. The van der Waals surface area contributed by atoms with Gasteiger partial charge in [0.05, 0.1) is 11.3 Å². The molecule has 6 nitrogen and oxygen atoms in total. The van der Waals surface area contributed by atoms with Crippen LogP contribution in [0.4, 0.5) is 5.69 Å². The van der Waals surface area contributed by atoms with Crippen LogP contribution in [0.5, 0.6) is 11.5 Å². The van der Waals surface area contributed by atoms with Crippen LogP contribution in [-0.4, -0.2) is 28.7 Å². The summed E-state index contributed by atoms with van der Waals surface area (Å²) in [7, 11) is 0. The number of rotatable bonds is 5. The third-order valence-corrected chi connectivity index (χ3v) is 3.36. The number of anilines is 1. The number of carboxylic acids is 1. The van der Waals surface area contributed by atoms with Gasteiger partial charge in [-0.1, -0.05) is 6.07 Å². The molecule has 120 valence electrons. The molecule has 1 amide bonds. The Morgan fingerprint density at radius 2 is 1.83 bits per heavy atom. The van der Waals surface area contributed by atoms with Crippen LogP contribution in [0.25, 0.3) is 0 Å². The van der Waals surface area contributed by atoms with Gasteiger partial charge in [-0.25, -0.2) is 4.79 Å². The highest BCUT2D eigenvalue weighted by Crippen LogP contribution is 2.22. The highest BCUT2D eigenvalue weighted by Gasteiger charge is 2.13. The van der Waals surface area contributed by atoms with Gasteiger partial charge < -0.3 is 20.3 Å². The number of benzene rings is 2. The number of aryl methyl sites for hydroxylation is 2. The van der Waals surface area contributed by atoms with Crippen LogP contribution < -0.4 is 10.1 Å². The Kier molecular flexibility index (Phi) is 4.85. The summed E-state index contributed by atoms with van der Waals surface area (Å²) in [5, 5.41) is 20.9. The molecule has 0 aliphatic heterocycles. The second-order valence-electron chi connectivity index (χ2n) is 5.12. The number of carbonyl (C=O) groups excluding carboxylic acids is 1. The number of aromatic hydroxyl groups is 1. The number of amides is 1.